The second-order valence-electron chi connectivity index (χ2n) is 6.00. The summed E-state index contributed by atoms with van der Waals surface area (Å²) in [5.41, 5.74) is 1.52. The molecule has 2 saturated heterocycles. The van der Waals surface area contributed by atoms with Crippen LogP contribution in [0, 0.1) is 0 Å². The minimum atomic E-state index is -0.0705. The third kappa shape index (κ3) is 3.00. The van der Waals surface area contributed by atoms with Gasteiger partial charge in [0.1, 0.15) is 0 Å². The molecule has 21 heavy (non-hydrogen) atoms. The van der Waals surface area contributed by atoms with Gasteiger partial charge in [0.05, 0.1) is 16.6 Å². The van der Waals surface area contributed by atoms with Crippen LogP contribution in [0.4, 0.5) is 5.69 Å². The molecule has 0 unspecified atom stereocenters. The lowest BCUT2D eigenvalue weighted by Gasteiger charge is -2.48. The number of nitrogens with one attached hydrogen (secondary N) is 2. The number of hydrogen-bond donors (Lipinski definition) is 2. The number of nitrogens with zero attached hydrogens (tertiary/aromatic N) is 2. The SMILES string of the molecule is CN(C)C(=O)c1ccc(NC2CN(C3CNC3)C2)cc1Cl. The molecule has 5 nitrogen and oxygen atoms in total. The van der Waals surface area contributed by atoms with Crippen LogP contribution in [0.25, 0.3) is 0 Å². The van der Waals surface area contributed by atoms with E-state index < -0.39 is 0 Å². The summed E-state index contributed by atoms with van der Waals surface area (Å²) in [6.45, 7) is 4.37. The number of halogens is 1. The normalized spacial score (nSPS) is 19.8. The Morgan fingerprint density at radius 3 is 2.62 bits per heavy atom. The zero-order chi connectivity index (χ0) is 15.0. The smallest absolute Gasteiger partial charge is 0.254 e. The Hall–Kier alpha value is -1.30. The van der Waals surface area contributed by atoms with Crippen molar-refractivity contribution in [3.05, 3.63) is 28.8 Å². The third-order valence-electron chi connectivity index (χ3n) is 4.16. The van der Waals surface area contributed by atoms with Gasteiger partial charge in [-0.2, -0.15) is 0 Å². The first kappa shape index (κ1) is 14.6. The van der Waals surface area contributed by atoms with Gasteiger partial charge in [-0.25, -0.2) is 0 Å². The highest BCUT2D eigenvalue weighted by Gasteiger charge is 2.34. The molecule has 0 saturated carbocycles. The molecule has 0 radical (unpaired) electrons. The van der Waals surface area contributed by atoms with E-state index in [-0.39, 0.29) is 5.91 Å². The summed E-state index contributed by atoms with van der Waals surface area (Å²) in [6.07, 6.45) is 0. The number of rotatable bonds is 4. The van der Waals surface area contributed by atoms with Gasteiger partial charge in [-0.3, -0.25) is 9.69 Å². The van der Waals surface area contributed by atoms with E-state index in [1.165, 1.54) is 4.90 Å². The summed E-state index contributed by atoms with van der Waals surface area (Å²) in [6, 6.07) is 6.74. The van der Waals surface area contributed by atoms with Gasteiger partial charge in [-0.05, 0) is 18.2 Å². The van der Waals surface area contributed by atoms with Crippen molar-refractivity contribution in [1.82, 2.24) is 15.1 Å². The summed E-state index contributed by atoms with van der Waals surface area (Å²) in [5, 5.41) is 7.27. The second-order valence-corrected chi connectivity index (χ2v) is 6.41. The Bertz CT molecular complexity index is 538. The second kappa shape index (κ2) is 5.83. The average Bonchev–Trinajstić information content (AvgIpc) is 2.33. The van der Waals surface area contributed by atoms with E-state index in [4.69, 9.17) is 11.6 Å². The highest BCUT2D eigenvalue weighted by atomic mass is 35.5. The number of hydrogen-bond acceptors (Lipinski definition) is 4. The number of carbonyl (C=O) groups is 1. The topological polar surface area (TPSA) is 47.6 Å². The summed E-state index contributed by atoms with van der Waals surface area (Å²) in [5.74, 6) is -0.0705. The highest BCUT2D eigenvalue weighted by molar-refractivity contribution is 6.34. The molecule has 114 valence electrons. The molecule has 6 heteroatoms. The van der Waals surface area contributed by atoms with Crippen LogP contribution in [-0.4, -0.2) is 68.1 Å². The van der Waals surface area contributed by atoms with Gasteiger partial charge < -0.3 is 15.5 Å². The van der Waals surface area contributed by atoms with Gasteiger partial charge in [0.15, 0.2) is 0 Å². The molecular formula is C15H21ClN4O. The molecule has 3 rings (SSSR count). The molecule has 0 atom stereocenters. The fourth-order valence-electron chi connectivity index (χ4n) is 2.69. The zero-order valence-corrected chi connectivity index (χ0v) is 13.2. The zero-order valence-electron chi connectivity index (χ0n) is 12.4. The molecule has 2 aliphatic rings. The first-order valence-corrected chi connectivity index (χ1v) is 7.65. The molecule has 0 spiro atoms. The molecule has 2 fully saturated rings. The van der Waals surface area contributed by atoms with Gasteiger partial charge in [0.2, 0.25) is 0 Å². The summed E-state index contributed by atoms with van der Waals surface area (Å²) >= 11 is 6.22. The standard InChI is InChI=1S/C15H21ClN4O/c1-19(2)15(21)13-4-3-10(5-14(13)16)18-11-8-20(9-11)12-6-17-7-12/h3-5,11-12,17-18H,6-9H2,1-2H3. The lowest BCUT2D eigenvalue weighted by atomic mass is 10.0. The van der Waals surface area contributed by atoms with Crippen LogP contribution in [0.2, 0.25) is 5.02 Å². The first-order valence-electron chi connectivity index (χ1n) is 7.27. The Morgan fingerprint density at radius 1 is 1.38 bits per heavy atom. The van der Waals surface area contributed by atoms with Crippen LogP contribution in [0.3, 0.4) is 0 Å². The number of carbonyl (C=O) groups excluding carboxylic acids is 1. The van der Waals surface area contributed by atoms with E-state index in [0.29, 0.717) is 22.7 Å². The Morgan fingerprint density at radius 2 is 2.10 bits per heavy atom. The van der Waals surface area contributed by atoms with Crippen molar-refractivity contribution in [2.45, 2.75) is 12.1 Å². The predicted octanol–water partition coefficient (Wildman–Crippen LogP) is 1.11. The number of anilines is 1. The monoisotopic (exact) mass is 308 g/mol. The van der Waals surface area contributed by atoms with Crippen LogP contribution in [0.1, 0.15) is 10.4 Å². The number of benzene rings is 1. The van der Waals surface area contributed by atoms with Crippen LogP contribution < -0.4 is 10.6 Å². The van der Waals surface area contributed by atoms with Crippen LogP contribution in [0.15, 0.2) is 18.2 Å². The highest BCUT2D eigenvalue weighted by Crippen LogP contribution is 2.24. The van der Waals surface area contributed by atoms with Gasteiger partial charge in [-0.15, -0.1) is 0 Å². The molecular weight excluding hydrogens is 288 g/mol. The van der Waals surface area contributed by atoms with Gasteiger partial charge >= 0.3 is 0 Å². The summed E-state index contributed by atoms with van der Waals surface area (Å²) < 4.78 is 0. The molecule has 2 N–H and O–H groups in total. The van der Waals surface area contributed by atoms with Crippen molar-refractivity contribution in [3.8, 4) is 0 Å². The van der Waals surface area contributed by atoms with Crippen molar-refractivity contribution < 1.29 is 4.79 Å². The molecule has 0 aliphatic carbocycles. The molecule has 1 amide bonds. The maximum Gasteiger partial charge on any atom is 0.254 e. The molecule has 2 heterocycles. The Kier molecular flexibility index (Phi) is 4.06. The number of amides is 1. The average molecular weight is 309 g/mol. The summed E-state index contributed by atoms with van der Waals surface area (Å²) in [4.78, 5) is 16.0. The van der Waals surface area contributed by atoms with Crippen molar-refractivity contribution in [2.75, 3.05) is 45.6 Å². The molecule has 0 aromatic heterocycles. The third-order valence-corrected chi connectivity index (χ3v) is 4.48. The van der Waals surface area contributed by atoms with E-state index in [2.05, 4.69) is 15.5 Å². The Balaban J connectivity index is 1.57. The minimum Gasteiger partial charge on any atom is -0.380 e. The lowest BCUT2D eigenvalue weighted by Crippen LogP contribution is -2.67. The first-order chi connectivity index (χ1) is 10.0. The maximum absolute atomic E-state index is 11.9. The fraction of sp³-hybridized carbons (Fsp3) is 0.533. The Labute approximate surface area is 130 Å². The maximum atomic E-state index is 11.9. The van der Waals surface area contributed by atoms with Crippen molar-refractivity contribution in [3.63, 3.8) is 0 Å². The molecule has 1 aromatic rings. The van der Waals surface area contributed by atoms with Gasteiger partial charge in [0.25, 0.3) is 5.91 Å². The minimum absolute atomic E-state index is 0.0705. The molecule has 2 aliphatic heterocycles. The quantitative estimate of drug-likeness (QED) is 0.875. The van der Waals surface area contributed by atoms with E-state index in [1.54, 1.807) is 20.2 Å². The fourth-order valence-corrected chi connectivity index (χ4v) is 2.95. The molecule has 0 bridgehead atoms. The molecule has 1 aromatic carbocycles. The van der Waals surface area contributed by atoms with Crippen LogP contribution in [0.5, 0.6) is 0 Å². The largest absolute Gasteiger partial charge is 0.380 e. The van der Waals surface area contributed by atoms with E-state index in [1.807, 2.05) is 12.1 Å². The predicted molar refractivity (Wildman–Crippen MR) is 85.1 cm³/mol. The van der Waals surface area contributed by atoms with Crippen LogP contribution >= 0.6 is 11.6 Å². The van der Waals surface area contributed by atoms with Gasteiger partial charge in [0, 0.05) is 52.0 Å². The van der Waals surface area contributed by atoms with E-state index in [9.17, 15) is 4.79 Å². The van der Waals surface area contributed by atoms with E-state index in [0.717, 1.165) is 31.9 Å². The summed E-state index contributed by atoms with van der Waals surface area (Å²) in [7, 11) is 3.45. The number of likely N-dealkylation sites (tertiary alicyclic amines) is 1. The van der Waals surface area contributed by atoms with Crippen molar-refractivity contribution >= 4 is 23.2 Å². The van der Waals surface area contributed by atoms with Crippen molar-refractivity contribution in [1.29, 1.82) is 0 Å². The van der Waals surface area contributed by atoms with Gasteiger partial charge in [-0.1, -0.05) is 11.6 Å². The van der Waals surface area contributed by atoms with Crippen molar-refractivity contribution in [2.24, 2.45) is 0 Å². The van der Waals surface area contributed by atoms with E-state index >= 15 is 0 Å². The lowest BCUT2D eigenvalue weighted by molar-refractivity contribution is 0.0707. The van der Waals surface area contributed by atoms with Crippen LogP contribution in [-0.2, 0) is 0 Å².